The number of ether oxygens (including phenoxy) is 2. The average molecular weight is 448 g/mol. The van der Waals surface area contributed by atoms with Crippen LogP contribution in [-0.4, -0.2) is 29.5 Å². The van der Waals surface area contributed by atoms with Gasteiger partial charge >= 0.3 is 0 Å². The number of carbonyl (C=O) groups excluding carboxylic acids is 1. The van der Waals surface area contributed by atoms with Crippen molar-refractivity contribution < 1.29 is 19.2 Å². The third kappa shape index (κ3) is 4.52. The summed E-state index contributed by atoms with van der Waals surface area (Å²) in [4.78, 5) is 29.0. The fraction of sp³-hybridized carbons (Fsp3) is 0.200. The van der Waals surface area contributed by atoms with Crippen molar-refractivity contribution in [3.63, 3.8) is 0 Å². The van der Waals surface area contributed by atoms with Crippen LogP contribution in [0.4, 0.5) is 10.8 Å². The molecule has 156 valence electrons. The van der Waals surface area contributed by atoms with Crippen LogP contribution in [0.5, 0.6) is 11.5 Å². The number of nitro groups is 1. The molecule has 0 fully saturated rings. The molecular weight excluding hydrogens is 430 g/mol. The van der Waals surface area contributed by atoms with Crippen molar-refractivity contribution in [2.45, 2.75) is 13.8 Å². The highest BCUT2D eigenvalue weighted by atomic mass is 35.5. The number of halogens is 1. The van der Waals surface area contributed by atoms with Gasteiger partial charge in [-0.05, 0) is 26.0 Å². The molecule has 1 N–H and O–H groups in total. The van der Waals surface area contributed by atoms with Crippen molar-refractivity contribution in [1.29, 1.82) is 0 Å². The zero-order chi connectivity index (χ0) is 21.8. The lowest BCUT2D eigenvalue weighted by atomic mass is 10.1. The Morgan fingerprint density at radius 2 is 1.97 bits per heavy atom. The Kier molecular flexibility index (Phi) is 6.53. The van der Waals surface area contributed by atoms with Gasteiger partial charge in [0.1, 0.15) is 5.56 Å². The SMILES string of the molecule is CCOc1cc(C(=O)Nc2nc(-c3ccc(Cl)cc3)c(C)s2)c([N+](=O)[O-])cc1OC. The van der Waals surface area contributed by atoms with Gasteiger partial charge in [-0.2, -0.15) is 0 Å². The van der Waals surface area contributed by atoms with Crippen molar-refractivity contribution in [3.8, 4) is 22.8 Å². The number of aryl methyl sites for hydroxylation is 1. The van der Waals surface area contributed by atoms with Gasteiger partial charge in [0.05, 0.1) is 30.4 Å². The summed E-state index contributed by atoms with van der Waals surface area (Å²) in [5.74, 6) is -0.246. The number of carbonyl (C=O) groups is 1. The van der Waals surface area contributed by atoms with Crippen LogP contribution in [0.2, 0.25) is 5.02 Å². The van der Waals surface area contributed by atoms with Gasteiger partial charge in [-0.1, -0.05) is 23.7 Å². The molecule has 1 amide bonds. The Morgan fingerprint density at radius 3 is 2.57 bits per heavy atom. The van der Waals surface area contributed by atoms with Crippen molar-refractivity contribution >= 4 is 39.7 Å². The Bertz CT molecular complexity index is 1100. The van der Waals surface area contributed by atoms with Crippen LogP contribution < -0.4 is 14.8 Å². The molecule has 2 aromatic carbocycles. The maximum Gasteiger partial charge on any atom is 0.286 e. The van der Waals surface area contributed by atoms with Crippen LogP contribution in [0.25, 0.3) is 11.3 Å². The van der Waals surface area contributed by atoms with E-state index in [0.29, 0.717) is 22.5 Å². The fourth-order valence-electron chi connectivity index (χ4n) is 2.80. The first kappa shape index (κ1) is 21.5. The summed E-state index contributed by atoms with van der Waals surface area (Å²) in [6.45, 7) is 3.95. The third-order valence-corrected chi connectivity index (χ3v) is 5.30. The van der Waals surface area contributed by atoms with E-state index in [9.17, 15) is 14.9 Å². The number of methoxy groups -OCH3 is 1. The number of amides is 1. The topological polar surface area (TPSA) is 104 Å². The molecule has 8 nitrogen and oxygen atoms in total. The van der Waals surface area contributed by atoms with E-state index in [1.165, 1.54) is 30.6 Å². The van der Waals surface area contributed by atoms with Gasteiger partial charge in [-0.3, -0.25) is 20.2 Å². The minimum Gasteiger partial charge on any atom is -0.493 e. The fourth-order valence-corrected chi connectivity index (χ4v) is 3.76. The van der Waals surface area contributed by atoms with E-state index in [4.69, 9.17) is 21.1 Å². The standard InChI is InChI=1S/C20H18ClN3O5S/c1-4-29-17-9-14(15(24(26)27)10-16(17)28-3)19(25)23-20-22-18(11(2)30-20)12-5-7-13(21)8-6-12/h5-10H,4H2,1-3H3,(H,22,23,25). The Hall–Kier alpha value is -3.17. The van der Waals surface area contributed by atoms with Gasteiger partial charge in [0, 0.05) is 21.5 Å². The summed E-state index contributed by atoms with van der Waals surface area (Å²) in [6.07, 6.45) is 0. The van der Waals surface area contributed by atoms with Gasteiger partial charge in [0.15, 0.2) is 16.6 Å². The Balaban J connectivity index is 1.94. The molecule has 0 atom stereocenters. The molecule has 0 saturated heterocycles. The molecular formula is C20H18ClN3O5S. The third-order valence-electron chi connectivity index (χ3n) is 4.16. The lowest BCUT2D eigenvalue weighted by molar-refractivity contribution is -0.385. The summed E-state index contributed by atoms with van der Waals surface area (Å²) in [6, 6.07) is 9.65. The van der Waals surface area contributed by atoms with E-state index in [1.54, 1.807) is 19.1 Å². The van der Waals surface area contributed by atoms with Crippen LogP contribution in [0.3, 0.4) is 0 Å². The molecule has 0 bridgehead atoms. The molecule has 0 saturated carbocycles. The second kappa shape index (κ2) is 9.10. The number of nitrogens with zero attached hydrogens (tertiary/aromatic N) is 2. The largest absolute Gasteiger partial charge is 0.493 e. The van der Waals surface area contributed by atoms with Gasteiger partial charge in [0.25, 0.3) is 11.6 Å². The summed E-state index contributed by atoms with van der Waals surface area (Å²) in [5, 5.41) is 15.1. The van der Waals surface area contributed by atoms with Crippen LogP contribution in [-0.2, 0) is 0 Å². The second-order valence-corrected chi connectivity index (χ2v) is 7.73. The number of hydrogen-bond donors (Lipinski definition) is 1. The van der Waals surface area contributed by atoms with Crippen molar-refractivity contribution in [2.75, 3.05) is 19.0 Å². The number of rotatable bonds is 7. The normalized spacial score (nSPS) is 10.5. The molecule has 30 heavy (non-hydrogen) atoms. The number of nitro benzene ring substituents is 1. The number of aromatic nitrogens is 1. The summed E-state index contributed by atoms with van der Waals surface area (Å²) in [5.41, 5.74) is 1.01. The first-order valence-corrected chi connectivity index (χ1v) is 10.1. The molecule has 0 spiro atoms. The summed E-state index contributed by atoms with van der Waals surface area (Å²) in [7, 11) is 1.37. The highest BCUT2D eigenvalue weighted by Gasteiger charge is 2.25. The first-order chi connectivity index (χ1) is 14.3. The molecule has 0 aliphatic heterocycles. The Morgan fingerprint density at radius 1 is 1.27 bits per heavy atom. The lowest BCUT2D eigenvalue weighted by Crippen LogP contribution is -2.14. The van der Waals surface area contributed by atoms with E-state index >= 15 is 0 Å². The highest BCUT2D eigenvalue weighted by molar-refractivity contribution is 7.16. The zero-order valence-electron chi connectivity index (χ0n) is 16.4. The van der Waals surface area contributed by atoms with E-state index < -0.39 is 10.8 Å². The zero-order valence-corrected chi connectivity index (χ0v) is 18.0. The van der Waals surface area contributed by atoms with Crippen LogP contribution in [0.15, 0.2) is 36.4 Å². The van der Waals surface area contributed by atoms with Gasteiger partial charge < -0.3 is 9.47 Å². The van der Waals surface area contributed by atoms with E-state index in [0.717, 1.165) is 10.4 Å². The minimum atomic E-state index is -0.665. The summed E-state index contributed by atoms with van der Waals surface area (Å²) < 4.78 is 10.6. The lowest BCUT2D eigenvalue weighted by Gasteiger charge is -2.11. The number of anilines is 1. The smallest absolute Gasteiger partial charge is 0.286 e. The number of nitrogens with one attached hydrogen (secondary N) is 1. The number of hydrogen-bond acceptors (Lipinski definition) is 7. The van der Waals surface area contributed by atoms with E-state index in [1.807, 2.05) is 19.1 Å². The molecule has 10 heteroatoms. The van der Waals surface area contributed by atoms with Crippen LogP contribution in [0.1, 0.15) is 22.2 Å². The molecule has 3 aromatic rings. The first-order valence-electron chi connectivity index (χ1n) is 8.88. The maximum absolute atomic E-state index is 12.8. The van der Waals surface area contributed by atoms with Crippen molar-refractivity contribution in [2.24, 2.45) is 0 Å². The molecule has 1 aromatic heterocycles. The van der Waals surface area contributed by atoms with Gasteiger partial charge in [-0.15, -0.1) is 11.3 Å². The highest BCUT2D eigenvalue weighted by Crippen LogP contribution is 2.36. The van der Waals surface area contributed by atoms with Gasteiger partial charge in [-0.25, -0.2) is 4.98 Å². The van der Waals surface area contributed by atoms with Crippen LogP contribution >= 0.6 is 22.9 Å². The Labute approximate surface area is 181 Å². The van der Waals surface area contributed by atoms with Crippen molar-refractivity contribution in [3.05, 3.63) is 62.0 Å². The predicted molar refractivity (Wildman–Crippen MR) is 116 cm³/mol. The molecule has 0 radical (unpaired) electrons. The quantitative estimate of drug-likeness (QED) is 0.387. The molecule has 0 aliphatic carbocycles. The van der Waals surface area contributed by atoms with Crippen molar-refractivity contribution in [1.82, 2.24) is 4.98 Å². The maximum atomic E-state index is 12.8. The molecule has 0 unspecified atom stereocenters. The molecule has 0 aliphatic rings. The second-order valence-electron chi connectivity index (χ2n) is 6.10. The summed E-state index contributed by atoms with van der Waals surface area (Å²) >= 11 is 7.20. The molecule has 1 heterocycles. The minimum absolute atomic E-state index is 0.148. The average Bonchev–Trinajstić information content (AvgIpc) is 3.08. The predicted octanol–water partition coefficient (Wildman–Crippen LogP) is 5.34. The number of benzene rings is 2. The van der Waals surface area contributed by atoms with Crippen LogP contribution in [0, 0.1) is 17.0 Å². The monoisotopic (exact) mass is 447 g/mol. The van der Waals surface area contributed by atoms with Gasteiger partial charge in [0.2, 0.25) is 0 Å². The number of thiazole rings is 1. The molecule has 3 rings (SSSR count). The van der Waals surface area contributed by atoms with E-state index in [2.05, 4.69) is 10.3 Å². The van der Waals surface area contributed by atoms with E-state index in [-0.39, 0.29) is 22.7 Å².